The summed E-state index contributed by atoms with van der Waals surface area (Å²) in [6.07, 6.45) is 12.5. The van der Waals surface area contributed by atoms with E-state index in [1.54, 1.807) is 0 Å². The van der Waals surface area contributed by atoms with Crippen molar-refractivity contribution < 1.29 is 0 Å². The van der Waals surface area contributed by atoms with Gasteiger partial charge in [0.2, 0.25) is 0 Å². The van der Waals surface area contributed by atoms with Crippen LogP contribution in [0.3, 0.4) is 0 Å². The first kappa shape index (κ1) is 17.5. The number of nitrogens with zero attached hydrogens (tertiary/aromatic N) is 1. The lowest BCUT2D eigenvalue weighted by molar-refractivity contribution is 0.473. The third-order valence-corrected chi connectivity index (χ3v) is 6.01. The van der Waals surface area contributed by atoms with Crippen LogP contribution in [0.5, 0.6) is 0 Å². The first-order chi connectivity index (χ1) is 13.2. The second kappa shape index (κ2) is 7.40. The largest absolute Gasteiger partial charge is 0.348 e. The van der Waals surface area contributed by atoms with E-state index in [9.17, 15) is 0 Å². The number of imidazole rings is 1. The number of benzene rings is 2. The number of aryl methyl sites for hydroxylation is 2. The molecule has 2 heteroatoms. The number of H-pyrrole nitrogens is 1. The molecule has 3 aromatic rings. The van der Waals surface area contributed by atoms with Crippen LogP contribution in [0.2, 0.25) is 0 Å². The average molecular weight is 354 g/mol. The Balaban J connectivity index is 1.72. The quantitative estimate of drug-likeness (QED) is 0.621. The molecule has 1 aliphatic carbocycles. The molecular formula is C25H26N2. The molecule has 0 spiro atoms. The van der Waals surface area contributed by atoms with Gasteiger partial charge in [-0.15, -0.1) is 0 Å². The summed E-state index contributed by atoms with van der Waals surface area (Å²) in [4.78, 5) is 7.92. The van der Waals surface area contributed by atoms with Crippen LogP contribution in [-0.2, 0) is 18.3 Å². The van der Waals surface area contributed by atoms with Crippen molar-refractivity contribution in [1.82, 2.24) is 9.97 Å². The van der Waals surface area contributed by atoms with Gasteiger partial charge in [-0.25, -0.2) is 4.98 Å². The van der Waals surface area contributed by atoms with Gasteiger partial charge in [-0.2, -0.15) is 0 Å². The molecule has 2 aromatic carbocycles. The van der Waals surface area contributed by atoms with Gasteiger partial charge in [0, 0.05) is 23.7 Å². The standard InChI is InChI=1S/C25H26N2/c1-19-9-8-14-23(24-26-17-18-27-24)25(19,2)22-13-7-6-12-21(22)16-15-20-10-4-3-5-11-20/h3-14,17-18,23H,15-16H2,1-2H3,(H,26,27). The summed E-state index contributed by atoms with van der Waals surface area (Å²) >= 11 is 0. The number of hydrogen-bond acceptors (Lipinski definition) is 1. The van der Waals surface area contributed by atoms with Gasteiger partial charge in [-0.05, 0) is 36.5 Å². The molecule has 2 nitrogen and oxygen atoms in total. The Labute approximate surface area is 161 Å². The zero-order chi connectivity index (χ0) is 18.7. The second-order valence-electron chi connectivity index (χ2n) is 7.53. The van der Waals surface area contributed by atoms with Crippen LogP contribution in [0.4, 0.5) is 0 Å². The highest BCUT2D eigenvalue weighted by Gasteiger charge is 2.40. The fourth-order valence-electron chi connectivity index (χ4n) is 4.28. The third-order valence-electron chi connectivity index (χ3n) is 6.01. The Hall–Kier alpha value is -2.87. The SMILES string of the molecule is CC1=CC=CC(c2ncc[nH]2)C1(C)c1ccccc1CCc1ccccc1. The van der Waals surface area contributed by atoms with Gasteiger partial charge >= 0.3 is 0 Å². The van der Waals surface area contributed by atoms with Crippen molar-refractivity contribution >= 4 is 0 Å². The maximum atomic E-state index is 4.58. The van der Waals surface area contributed by atoms with E-state index in [1.165, 1.54) is 22.3 Å². The highest BCUT2D eigenvalue weighted by Crippen LogP contribution is 2.47. The molecule has 0 fully saturated rings. The molecule has 4 rings (SSSR count). The number of aromatic amines is 1. The van der Waals surface area contributed by atoms with Crippen molar-refractivity contribution in [1.29, 1.82) is 0 Å². The highest BCUT2D eigenvalue weighted by molar-refractivity contribution is 5.49. The zero-order valence-corrected chi connectivity index (χ0v) is 16.0. The first-order valence-electron chi connectivity index (χ1n) is 9.66. The Kier molecular flexibility index (Phi) is 4.81. The Morgan fingerprint density at radius 1 is 1.00 bits per heavy atom. The maximum absolute atomic E-state index is 4.58. The summed E-state index contributed by atoms with van der Waals surface area (Å²) in [5, 5.41) is 0. The molecule has 0 saturated carbocycles. The Morgan fingerprint density at radius 2 is 1.78 bits per heavy atom. The summed E-state index contributed by atoms with van der Waals surface area (Å²) < 4.78 is 0. The van der Waals surface area contributed by atoms with Crippen molar-refractivity contribution in [3.05, 3.63) is 113 Å². The van der Waals surface area contributed by atoms with Gasteiger partial charge in [-0.3, -0.25) is 0 Å². The van der Waals surface area contributed by atoms with Crippen LogP contribution in [-0.4, -0.2) is 9.97 Å². The Morgan fingerprint density at radius 3 is 2.56 bits per heavy atom. The topological polar surface area (TPSA) is 28.7 Å². The number of hydrogen-bond donors (Lipinski definition) is 1. The first-order valence-corrected chi connectivity index (χ1v) is 9.66. The van der Waals surface area contributed by atoms with Gasteiger partial charge in [0.25, 0.3) is 0 Å². The minimum Gasteiger partial charge on any atom is -0.348 e. The fourth-order valence-corrected chi connectivity index (χ4v) is 4.28. The minimum atomic E-state index is -0.111. The molecule has 1 aromatic heterocycles. The van der Waals surface area contributed by atoms with Crippen LogP contribution >= 0.6 is 0 Å². The summed E-state index contributed by atoms with van der Waals surface area (Å²) in [6, 6.07) is 19.7. The molecule has 0 aliphatic heterocycles. The van der Waals surface area contributed by atoms with E-state index < -0.39 is 0 Å². The predicted octanol–water partition coefficient (Wildman–Crippen LogP) is 5.75. The van der Waals surface area contributed by atoms with Crippen LogP contribution < -0.4 is 0 Å². The fraction of sp³-hybridized carbons (Fsp3) is 0.240. The van der Waals surface area contributed by atoms with E-state index >= 15 is 0 Å². The smallest absolute Gasteiger partial charge is 0.114 e. The summed E-state index contributed by atoms with van der Waals surface area (Å²) in [6.45, 7) is 4.60. The van der Waals surface area contributed by atoms with E-state index in [1.807, 2.05) is 12.4 Å². The molecule has 1 N–H and O–H groups in total. The normalized spacial score (nSPS) is 21.9. The molecule has 0 bridgehead atoms. The zero-order valence-electron chi connectivity index (χ0n) is 16.0. The van der Waals surface area contributed by atoms with Crippen LogP contribution in [0, 0.1) is 0 Å². The predicted molar refractivity (Wildman–Crippen MR) is 112 cm³/mol. The molecule has 0 amide bonds. The second-order valence-corrected chi connectivity index (χ2v) is 7.53. The van der Waals surface area contributed by atoms with Gasteiger partial charge in [0.15, 0.2) is 0 Å². The Bertz CT molecular complexity index is 951. The molecule has 136 valence electrons. The van der Waals surface area contributed by atoms with E-state index in [0.717, 1.165) is 18.7 Å². The minimum absolute atomic E-state index is 0.111. The number of nitrogens with one attached hydrogen (secondary N) is 1. The van der Waals surface area contributed by atoms with E-state index in [0.29, 0.717) is 0 Å². The molecule has 1 aliphatic rings. The highest BCUT2D eigenvalue weighted by atomic mass is 14.9. The molecule has 2 atom stereocenters. The molecule has 0 saturated heterocycles. The molecule has 1 heterocycles. The van der Waals surface area contributed by atoms with Gasteiger partial charge in [0.1, 0.15) is 5.82 Å². The number of rotatable bonds is 5. The lowest BCUT2D eigenvalue weighted by Crippen LogP contribution is -2.34. The van der Waals surface area contributed by atoms with Gasteiger partial charge in [-0.1, -0.05) is 85.3 Å². The maximum Gasteiger partial charge on any atom is 0.114 e. The third kappa shape index (κ3) is 3.28. The van der Waals surface area contributed by atoms with Gasteiger partial charge < -0.3 is 4.98 Å². The van der Waals surface area contributed by atoms with Crippen LogP contribution in [0.25, 0.3) is 0 Å². The van der Waals surface area contributed by atoms with E-state index in [2.05, 4.69) is 96.6 Å². The lowest BCUT2D eigenvalue weighted by atomic mass is 9.63. The summed E-state index contributed by atoms with van der Waals surface area (Å²) in [5.74, 6) is 1.23. The molecule has 0 radical (unpaired) electrons. The van der Waals surface area contributed by atoms with Crippen molar-refractivity contribution in [2.24, 2.45) is 0 Å². The number of aromatic nitrogens is 2. The van der Waals surface area contributed by atoms with Crippen LogP contribution in [0.15, 0.2) is 90.8 Å². The van der Waals surface area contributed by atoms with Crippen LogP contribution in [0.1, 0.15) is 42.3 Å². The molecular weight excluding hydrogens is 328 g/mol. The van der Waals surface area contributed by atoms with Crippen molar-refractivity contribution in [2.75, 3.05) is 0 Å². The van der Waals surface area contributed by atoms with Crippen molar-refractivity contribution in [3.8, 4) is 0 Å². The summed E-state index contributed by atoms with van der Waals surface area (Å²) in [5.41, 5.74) is 5.47. The average Bonchev–Trinajstić information content (AvgIpc) is 3.24. The van der Waals surface area contributed by atoms with Gasteiger partial charge in [0.05, 0.1) is 0 Å². The van der Waals surface area contributed by atoms with E-state index in [-0.39, 0.29) is 11.3 Å². The van der Waals surface area contributed by atoms with E-state index in [4.69, 9.17) is 0 Å². The summed E-state index contributed by atoms with van der Waals surface area (Å²) in [7, 11) is 0. The lowest BCUT2D eigenvalue weighted by Gasteiger charge is -2.40. The molecule has 27 heavy (non-hydrogen) atoms. The van der Waals surface area contributed by atoms with Crippen molar-refractivity contribution in [3.63, 3.8) is 0 Å². The number of allylic oxidation sites excluding steroid dienone is 4. The molecule has 2 unspecified atom stereocenters. The monoisotopic (exact) mass is 354 g/mol. The van der Waals surface area contributed by atoms with Crippen molar-refractivity contribution in [2.45, 2.75) is 38.0 Å².